The van der Waals surface area contributed by atoms with Crippen molar-refractivity contribution in [1.29, 1.82) is 0 Å². The van der Waals surface area contributed by atoms with E-state index in [1.54, 1.807) is 0 Å². The Kier molecular flexibility index (Phi) is 3.80. The fourth-order valence-corrected chi connectivity index (χ4v) is 1.36. The SMILES string of the molecule is CC(C)(C)c1ccc(N)c(C#CCC(N)=O)c1. The van der Waals surface area contributed by atoms with Crippen LogP contribution in [-0.4, -0.2) is 5.91 Å². The Bertz CT molecular complexity index is 487. The summed E-state index contributed by atoms with van der Waals surface area (Å²) in [5, 5.41) is 0. The van der Waals surface area contributed by atoms with Gasteiger partial charge in [0.25, 0.3) is 0 Å². The maximum Gasteiger partial charge on any atom is 0.229 e. The number of carbonyl (C=O) groups is 1. The first kappa shape index (κ1) is 13.1. The van der Waals surface area contributed by atoms with Crippen LogP contribution in [0.15, 0.2) is 18.2 Å². The van der Waals surface area contributed by atoms with E-state index < -0.39 is 5.91 Å². The number of amides is 1. The van der Waals surface area contributed by atoms with Gasteiger partial charge in [0.05, 0.1) is 6.42 Å². The van der Waals surface area contributed by atoms with Gasteiger partial charge >= 0.3 is 0 Å². The highest BCUT2D eigenvalue weighted by Gasteiger charge is 2.14. The fraction of sp³-hybridized carbons (Fsp3) is 0.357. The number of hydrogen-bond donors (Lipinski definition) is 2. The lowest BCUT2D eigenvalue weighted by Crippen LogP contribution is -2.11. The zero-order valence-corrected chi connectivity index (χ0v) is 10.5. The average molecular weight is 230 g/mol. The third-order valence-corrected chi connectivity index (χ3v) is 2.40. The molecule has 0 aliphatic rings. The van der Waals surface area contributed by atoms with Crippen LogP contribution >= 0.6 is 0 Å². The first-order valence-electron chi connectivity index (χ1n) is 5.48. The summed E-state index contributed by atoms with van der Waals surface area (Å²) >= 11 is 0. The van der Waals surface area contributed by atoms with Crippen molar-refractivity contribution in [2.24, 2.45) is 5.73 Å². The molecule has 1 amide bonds. The minimum Gasteiger partial charge on any atom is -0.398 e. The van der Waals surface area contributed by atoms with Crippen LogP contribution in [0.2, 0.25) is 0 Å². The van der Waals surface area contributed by atoms with Crippen LogP contribution in [0, 0.1) is 11.8 Å². The molecule has 0 aromatic heterocycles. The van der Waals surface area contributed by atoms with Gasteiger partial charge < -0.3 is 11.5 Å². The standard InChI is InChI=1S/C14H18N2O/c1-14(2,3)11-7-8-12(15)10(9-11)5-4-6-13(16)17/h7-9H,6,15H2,1-3H3,(H2,16,17). The van der Waals surface area contributed by atoms with Gasteiger partial charge in [0.2, 0.25) is 5.91 Å². The normalized spacial score (nSPS) is 10.5. The van der Waals surface area contributed by atoms with E-state index in [4.69, 9.17) is 11.5 Å². The van der Waals surface area contributed by atoms with Crippen LogP contribution in [0.4, 0.5) is 5.69 Å². The van der Waals surface area contributed by atoms with Crippen LogP contribution in [0.5, 0.6) is 0 Å². The smallest absolute Gasteiger partial charge is 0.229 e. The van der Waals surface area contributed by atoms with Gasteiger partial charge in [-0.05, 0) is 23.1 Å². The van der Waals surface area contributed by atoms with E-state index in [9.17, 15) is 4.79 Å². The number of rotatable bonds is 1. The van der Waals surface area contributed by atoms with E-state index in [2.05, 4.69) is 32.6 Å². The molecule has 1 aromatic carbocycles. The number of benzene rings is 1. The summed E-state index contributed by atoms with van der Waals surface area (Å²) in [5.41, 5.74) is 13.4. The van der Waals surface area contributed by atoms with E-state index >= 15 is 0 Å². The molecule has 0 unspecified atom stereocenters. The Balaban J connectivity index is 3.06. The first-order valence-corrected chi connectivity index (χ1v) is 5.48. The Morgan fingerprint density at radius 3 is 2.53 bits per heavy atom. The average Bonchev–Trinajstić information content (AvgIpc) is 2.18. The largest absolute Gasteiger partial charge is 0.398 e. The summed E-state index contributed by atoms with van der Waals surface area (Å²) in [6, 6.07) is 5.80. The molecule has 0 aliphatic heterocycles. The van der Waals surface area contributed by atoms with Crippen LogP contribution in [0.25, 0.3) is 0 Å². The minimum absolute atomic E-state index is 0.0494. The zero-order chi connectivity index (χ0) is 13.1. The Hall–Kier alpha value is -1.95. The molecule has 0 fully saturated rings. The van der Waals surface area contributed by atoms with Gasteiger partial charge in [-0.3, -0.25) is 4.79 Å². The van der Waals surface area contributed by atoms with Crippen LogP contribution in [-0.2, 0) is 10.2 Å². The van der Waals surface area contributed by atoms with Gasteiger partial charge in [-0.2, -0.15) is 0 Å². The molecule has 0 aliphatic carbocycles. The number of carbonyl (C=O) groups excluding carboxylic acids is 1. The lowest BCUT2D eigenvalue weighted by Gasteiger charge is -2.19. The number of nitrogens with two attached hydrogens (primary N) is 2. The van der Waals surface area contributed by atoms with Crippen LogP contribution in [0.3, 0.4) is 0 Å². The molecule has 0 radical (unpaired) electrons. The summed E-state index contributed by atoms with van der Waals surface area (Å²) in [5.74, 6) is 5.17. The van der Waals surface area contributed by atoms with Crippen LogP contribution in [0.1, 0.15) is 38.3 Å². The molecule has 0 saturated heterocycles. The highest BCUT2D eigenvalue weighted by atomic mass is 16.1. The molecular weight excluding hydrogens is 212 g/mol. The maximum atomic E-state index is 10.6. The molecule has 0 bridgehead atoms. The third-order valence-electron chi connectivity index (χ3n) is 2.40. The fourth-order valence-electron chi connectivity index (χ4n) is 1.36. The second-order valence-corrected chi connectivity index (χ2v) is 5.00. The predicted molar refractivity (Wildman–Crippen MR) is 70.2 cm³/mol. The van der Waals surface area contributed by atoms with Crippen molar-refractivity contribution >= 4 is 11.6 Å². The van der Waals surface area contributed by atoms with Crippen molar-refractivity contribution in [3.8, 4) is 11.8 Å². The monoisotopic (exact) mass is 230 g/mol. The molecular formula is C14H18N2O. The zero-order valence-electron chi connectivity index (χ0n) is 10.5. The molecule has 17 heavy (non-hydrogen) atoms. The van der Waals surface area contributed by atoms with E-state index in [0.29, 0.717) is 5.69 Å². The van der Waals surface area contributed by atoms with E-state index in [1.807, 2.05) is 18.2 Å². The Morgan fingerprint density at radius 1 is 1.35 bits per heavy atom. The molecule has 0 heterocycles. The number of nitrogen functional groups attached to an aromatic ring is 1. The summed E-state index contributed by atoms with van der Waals surface area (Å²) < 4.78 is 0. The van der Waals surface area contributed by atoms with Crippen molar-refractivity contribution in [3.63, 3.8) is 0 Å². The highest BCUT2D eigenvalue weighted by molar-refractivity contribution is 5.76. The molecule has 0 atom stereocenters. The number of hydrogen-bond acceptors (Lipinski definition) is 2. The first-order chi connectivity index (χ1) is 7.80. The number of primary amides is 1. The quantitative estimate of drug-likeness (QED) is 0.570. The van der Waals surface area contributed by atoms with Gasteiger partial charge in [0, 0.05) is 11.3 Å². The van der Waals surface area contributed by atoms with Crippen LogP contribution < -0.4 is 11.5 Å². The van der Waals surface area contributed by atoms with Crippen molar-refractivity contribution in [1.82, 2.24) is 0 Å². The topological polar surface area (TPSA) is 69.1 Å². The van der Waals surface area contributed by atoms with Gasteiger partial charge in [0.15, 0.2) is 0 Å². The van der Waals surface area contributed by atoms with E-state index in [0.717, 1.165) is 11.1 Å². The molecule has 3 heteroatoms. The van der Waals surface area contributed by atoms with Gasteiger partial charge in [-0.1, -0.05) is 38.7 Å². The second-order valence-electron chi connectivity index (χ2n) is 5.00. The molecule has 90 valence electrons. The van der Waals surface area contributed by atoms with E-state index in [1.165, 1.54) is 0 Å². The summed E-state index contributed by atoms with van der Waals surface area (Å²) in [6.07, 6.45) is 0.0547. The van der Waals surface area contributed by atoms with Gasteiger partial charge in [-0.25, -0.2) is 0 Å². The molecule has 1 rings (SSSR count). The molecule has 3 nitrogen and oxygen atoms in total. The number of anilines is 1. The van der Waals surface area contributed by atoms with Crippen molar-refractivity contribution in [3.05, 3.63) is 29.3 Å². The van der Waals surface area contributed by atoms with Crippen molar-refractivity contribution in [2.45, 2.75) is 32.6 Å². The van der Waals surface area contributed by atoms with Crippen molar-refractivity contribution < 1.29 is 4.79 Å². The lowest BCUT2D eigenvalue weighted by molar-refractivity contribution is -0.117. The Morgan fingerprint density at radius 2 is 2.00 bits per heavy atom. The molecule has 1 aromatic rings. The summed E-state index contributed by atoms with van der Waals surface area (Å²) in [6.45, 7) is 6.37. The summed E-state index contributed by atoms with van der Waals surface area (Å²) in [4.78, 5) is 10.6. The van der Waals surface area contributed by atoms with Gasteiger partial charge in [-0.15, -0.1) is 0 Å². The van der Waals surface area contributed by atoms with Gasteiger partial charge in [0.1, 0.15) is 0 Å². The Labute approximate surface area is 102 Å². The third kappa shape index (κ3) is 3.84. The van der Waals surface area contributed by atoms with E-state index in [-0.39, 0.29) is 11.8 Å². The molecule has 4 N–H and O–H groups in total. The predicted octanol–water partition coefficient (Wildman–Crippen LogP) is 1.79. The van der Waals surface area contributed by atoms with Crippen molar-refractivity contribution in [2.75, 3.05) is 5.73 Å². The maximum absolute atomic E-state index is 10.6. The molecule has 0 saturated carbocycles. The lowest BCUT2D eigenvalue weighted by atomic mass is 9.86. The summed E-state index contributed by atoms with van der Waals surface area (Å²) in [7, 11) is 0. The minimum atomic E-state index is -0.428. The molecule has 0 spiro atoms. The second kappa shape index (κ2) is 4.92. The highest BCUT2D eigenvalue weighted by Crippen LogP contribution is 2.25.